The van der Waals surface area contributed by atoms with Gasteiger partial charge in [-0.25, -0.2) is 27.1 Å². The second-order valence-corrected chi connectivity index (χ2v) is 8.67. The van der Waals surface area contributed by atoms with Gasteiger partial charge in [-0.3, -0.25) is 4.79 Å². The number of alkyl halides is 2. The minimum atomic E-state index is -2.67. The highest BCUT2D eigenvalue weighted by Crippen LogP contribution is 2.36. The van der Waals surface area contributed by atoms with Crippen LogP contribution in [0.4, 0.5) is 29.3 Å². The van der Waals surface area contributed by atoms with E-state index in [9.17, 15) is 18.0 Å². The zero-order valence-corrected chi connectivity index (χ0v) is 20.5. The number of fused-ring (bicyclic) bond motifs is 1. The summed E-state index contributed by atoms with van der Waals surface area (Å²) >= 11 is 0. The van der Waals surface area contributed by atoms with E-state index in [0.29, 0.717) is 12.0 Å². The molecule has 0 aliphatic heterocycles. The van der Waals surface area contributed by atoms with Gasteiger partial charge in [-0.1, -0.05) is 6.92 Å². The molecule has 0 spiro atoms. The Morgan fingerprint density at radius 2 is 2.00 bits per heavy atom. The second-order valence-electron chi connectivity index (χ2n) is 8.67. The molecule has 0 aromatic carbocycles. The molecule has 0 bridgehead atoms. The van der Waals surface area contributed by atoms with Gasteiger partial charge in [0.2, 0.25) is 23.7 Å². The van der Waals surface area contributed by atoms with Crippen LogP contribution in [0.3, 0.4) is 0 Å². The van der Waals surface area contributed by atoms with Crippen molar-refractivity contribution in [2.24, 2.45) is 0 Å². The molecule has 1 aliphatic carbocycles. The number of hydrogen-bond donors (Lipinski definition) is 3. The zero-order chi connectivity index (χ0) is 26.7. The molecule has 9 nitrogen and oxygen atoms in total. The van der Waals surface area contributed by atoms with E-state index in [4.69, 9.17) is 4.74 Å². The third-order valence-electron chi connectivity index (χ3n) is 6.21. The van der Waals surface area contributed by atoms with E-state index in [1.165, 1.54) is 31.1 Å². The monoisotopic (exact) mass is 521 g/mol. The highest BCUT2D eigenvalue weighted by atomic mass is 19.3. The molecule has 0 unspecified atom stereocenters. The lowest BCUT2D eigenvalue weighted by atomic mass is 9.92. The summed E-state index contributed by atoms with van der Waals surface area (Å²) in [6.07, 6.45) is 4.15. The van der Waals surface area contributed by atoms with Crippen LogP contribution in [0, 0.1) is 11.6 Å². The molecule has 0 atom stereocenters. The molecule has 0 saturated heterocycles. The van der Waals surface area contributed by atoms with Crippen LogP contribution in [0.15, 0.2) is 30.2 Å². The van der Waals surface area contributed by atoms with Crippen molar-refractivity contribution in [3.63, 3.8) is 0 Å². The number of carbonyl (C=O) groups is 1. The predicted molar refractivity (Wildman–Crippen MR) is 130 cm³/mol. The third-order valence-corrected chi connectivity index (χ3v) is 6.21. The van der Waals surface area contributed by atoms with Gasteiger partial charge < -0.3 is 20.7 Å². The Morgan fingerprint density at radius 3 is 2.62 bits per heavy atom. The number of anilines is 2. The summed E-state index contributed by atoms with van der Waals surface area (Å²) in [7, 11) is 2.84. The molecule has 1 amide bonds. The number of carbonyl (C=O) groups excluding carboxylic acids is 1. The van der Waals surface area contributed by atoms with Crippen LogP contribution in [-0.2, 0) is 4.79 Å². The number of halogens is 4. The number of rotatable bonds is 8. The fraction of sp³-hybridized carbons (Fsp3) is 0.417. The first-order valence-corrected chi connectivity index (χ1v) is 11.8. The molecule has 3 N–H and O–H groups in total. The van der Waals surface area contributed by atoms with E-state index in [1.54, 1.807) is 6.92 Å². The molecule has 1 aliphatic rings. The van der Waals surface area contributed by atoms with E-state index in [-0.39, 0.29) is 71.9 Å². The minimum absolute atomic E-state index is 0.0150. The van der Waals surface area contributed by atoms with Gasteiger partial charge in [-0.05, 0) is 25.3 Å². The maximum atomic E-state index is 15.1. The number of hydrogen-bond acceptors (Lipinski definition) is 7. The number of methoxy groups -OCH3 is 1. The average molecular weight is 522 g/mol. The van der Waals surface area contributed by atoms with Gasteiger partial charge in [0.05, 0.1) is 18.9 Å². The lowest BCUT2D eigenvalue weighted by molar-refractivity contribution is -0.117. The zero-order valence-electron chi connectivity index (χ0n) is 20.5. The third kappa shape index (κ3) is 5.59. The summed E-state index contributed by atoms with van der Waals surface area (Å²) in [6, 6.07) is 0.839. The Morgan fingerprint density at radius 1 is 1.27 bits per heavy atom. The van der Waals surface area contributed by atoms with E-state index >= 15 is 4.39 Å². The summed E-state index contributed by atoms with van der Waals surface area (Å²) in [4.78, 5) is 20.1. The largest absolute Gasteiger partial charge is 0.479 e. The van der Waals surface area contributed by atoms with Crippen LogP contribution in [-0.4, -0.2) is 51.6 Å². The molecular weight excluding hydrogens is 494 g/mol. The molecule has 37 heavy (non-hydrogen) atoms. The first-order valence-electron chi connectivity index (χ1n) is 11.8. The van der Waals surface area contributed by atoms with Gasteiger partial charge in [-0.2, -0.15) is 4.98 Å². The smallest absolute Gasteiger partial charge is 0.248 e. The van der Waals surface area contributed by atoms with Crippen LogP contribution in [0.25, 0.3) is 16.6 Å². The van der Waals surface area contributed by atoms with Crippen molar-refractivity contribution >= 4 is 23.2 Å². The number of likely N-dealkylation sites (N-methyl/N-ethyl adjacent to an activating group) is 1. The first-order chi connectivity index (χ1) is 17.7. The van der Waals surface area contributed by atoms with E-state index in [1.807, 2.05) is 0 Å². The van der Waals surface area contributed by atoms with Gasteiger partial charge in [-0.15, -0.1) is 5.10 Å². The number of amides is 1. The minimum Gasteiger partial charge on any atom is -0.479 e. The first kappa shape index (κ1) is 26.2. The molecule has 3 heterocycles. The standard InChI is InChI=1S/C24H27F4N7O2/c1-4-13(21(36)29-2)10-30-20-16(25)9-14(11-31-20)18-17(26)12-35-19(18)22(37-3)33-23(34-35)32-15-5-7-24(27,28)8-6-15/h9-12,15H,4-8H2,1-3H3,(H,29,36)(H,30,31)(H,32,34)/b13-10+. The van der Waals surface area contributed by atoms with E-state index in [0.717, 1.165) is 12.3 Å². The van der Waals surface area contributed by atoms with Crippen LogP contribution in [0.1, 0.15) is 39.0 Å². The van der Waals surface area contributed by atoms with Crippen molar-refractivity contribution in [3.05, 3.63) is 41.9 Å². The molecule has 198 valence electrons. The van der Waals surface area contributed by atoms with Gasteiger partial charge in [0.25, 0.3) is 0 Å². The number of nitrogens with zero attached hydrogens (tertiary/aromatic N) is 4. The molecule has 1 fully saturated rings. The maximum Gasteiger partial charge on any atom is 0.248 e. The number of pyridine rings is 1. The van der Waals surface area contributed by atoms with Gasteiger partial charge in [0.1, 0.15) is 5.52 Å². The van der Waals surface area contributed by atoms with Crippen molar-refractivity contribution in [3.8, 4) is 17.0 Å². The van der Waals surface area contributed by atoms with Crippen molar-refractivity contribution < 1.29 is 27.1 Å². The Labute approximate surface area is 210 Å². The van der Waals surface area contributed by atoms with Crippen LogP contribution < -0.4 is 20.7 Å². The van der Waals surface area contributed by atoms with Crippen LogP contribution in [0.5, 0.6) is 5.88 Å². The molecule has 1 saturated carbocycles. The Balaban J connectivity index is 1.63. The molecule has 3 aromatic rings. The summed E-state index contributed by atoms with van der Waals surface area (Å²) in [5.41, 5.74) is 0.640. The molecule has 13 heteroatoms. The normalized spacial score (nSPS) is 16.0. The Kier molecular flexibility index (Phi) is 7.50. The van der Waals surface area contributed by atoms with Gasteiger partial charge in [0, 0.05) is 49.5 Å². The Hall–Kier alpha value is -3.90. The maximum absolute atomic E-state index is 15.1. The summed E-state index contributed by atoms with van der Waals surface area (Å²) in [5.74, 6) is -4.50. The van der Waals surface area contributed by atoms with Gasteiger partial charge in [0.15, 0.2) is 17.5 Å². The molecule has 3 aromatic heterocycles. The number of ether oxygens (including phenoxy) is 1. The highest BCUT2D eigenvalue weighted by molar-refractivity contribution is 5.93. The fourth-order valence-corrected chi connectivity index (χ4v) is 4.19. The number of aromatic nitrogens is 4. The van der Waals surface area contributed by atoms with E-state index in [2.05, 4.69) is 31.0 Å². The summed E-state index contributed by atoms with van der Waals surface area (Å²) in [6.45, 7) is 1.78. The van der Waals surface area contributed by atoms with Crippen molar-refractivity contribution in [2.75, 3.05) is 24.8 Å². The van der Waals surface area contributed by atoms with Crippen LogP contribution in [0.2, 0.25) is 0 Å². The molecular formula is C24H27F4N7O2. The van der Waals surface area contributed by atoms with Crippen molar-refractivity contribution in [1.82, 2.24) is 24.9 Å². The average Bonchev–Trinajstić information content (AvgIpc) is 3.21. The van der Waals surface area contributed by atoms with Crippen LogP contribution >= 0.6 is 0 Å². The fourth-order valence-electron chi connectivity index (χ4n) is 4.19. The quantitative estimate of drug-likeness (QED) is 0.296. The number of nitrogens with one attached hydrogen (secondary N) is 3. The molecule has 0 radical (unpaired) electrons. The lowest BCUT2D eigenvalue weighted by Crippen LogP contribution is -2.32. The highest BCUT2D eigenvalue weighted by Gasteiger charge is 2.35. The Bertz CT molecular complexity index is 1330. The molecule has 4 rings (SSSR count). The predicted octanol–water partition coefficient (Wildman–Crippen LogP) is 4.52. The topological polar surface area (TPSA) is 105 Å². The summed E-state index contributed by atoms with van der Waals surface area (Å²) in [5, 5.41) is 12.4. The summed E-state index contributed by atoms with van der Waals surface area (Å²) < 4.78 is 63.4. The van der Waals surface area contributed by atoms with Gasteiger partial charge >= 0.3 is 0 Å². The van der Waals surface area contributed by atoms with E-state index < -0.39 is 17.6 Å². The lowest BCUT2D eigenvalue weighted by Gasteiger charge is -2.28. The van der Waals surface area contributed by atoms with Crippen molar-refractivity contribution in [1.29, 1.82) is 0 Å². The van der Waals surface area contributed by atoms with Crippen molar-refractivity contribution in [2.45, 2.75) is 51.0 Å². The second kappa shape index (κ2) is 10.6. The SMILES string of the molecule is CC/C(=C\Nc1ncc(-c2c(F)cn3nc(NC4CCC(F)(F)CC4)nc(OC)c23)cc1F)C(=O)NC.